The smallest absolute Gasteiger partial charge is 0.101 e. The molecule has 5 nitrogen and oxygen atoms in total. The third-order valence-electron chi connectivity index (χ3n) is 2.85. The van der Waals surface area contributed by atoms with E-state index in [9.17, 15) is 0 Å². The van der Waals surface area contributed by atoms with Crippen LogP contribution in [-0.2, 0) is 13.5 Å². The van der Waals surface area contributed by atoms with Crippen LogP contribution in [0.1, 0.15) is 11.3 Å². The molecule has 2 aromatic rings. The molecule has 0 atom stereocenters. The van der Waals surface area contributed by atoms with Crippen molar-refractivity contribution in [3.05, 3.63) is 41.7 Å². The van der Waals surface area contributed by atoms with Crippen LogP contribution in [-0.4, -0.2) is 16.3 Å². The molecule has 0 saturated carbocycles. The highest BCUT2D eigenvalue weighted by atomic mass is 15.3. The number of nitrogens with one attached hydrogen (secondary N) is 1. The lowest BCUT2D eigenvalue weighted by molar-refractivity contribution is 0.711. The molecule has 18 heavy (non-hydrogen) atoms. The Morgan fingerprint density at radius 2 is 2.28 bits per heavy atom. The lowest BCUT2D eigenvalue weighted by atomic mass is 10.1. The van der Waals surface area contributed by atoms with Crippen molar-refractivity contribution in [2.24, 2.45) is 7.05 Å². The molecule has 0 spiro atoms. The summed E-state index contributed by atoms with van der Waals surface area (Å²) in [4.78, 5) is 0. The van der Waals surface area contributed by atoms with Crippen LogP contribution in [0.5, 0.6) is 0 Å². The van der Waals surface area contributed by atoms with Gasteiger partial charge in [-0.1, -0.05) is 6.07 Å². The minimum Gasteiger partial charge on any atom is -0.396 e. The van der Waals surface area contributed by atoms with Gasteiger partial charge in [-0.3, -0.25) is 4.68 Å². The third kappa shape index (κ3) is 2.43. The van der Waals surface area contributed by atoms with E-state index in [2.05, 4.69) is 16.5 Å². The molecule has 2 rings (SSSR count). The molecule has 3 N–H and O–H groups in total. The number of benzene rings is 1. The maximum absolute atomic E-state index is 8.89. The van der Waals surface area contributed by atoms with Crippen molar-refractivity contribution in [3.63, 3.8) is 0 Å². The number of hydrogen-bond acceptors (Lipinski definition) is 4. The Bertz CT molecular complexity index is 579. The van der Waals surface area contributed by atoms with Crippen molar-refractivity contribution in [1.82, 2.24) is 9.78 Å². The number of nitrogens with two attached hydrogens (primary N) is 1. The fraction of sp³-hybridized carbons (Fsp3) is 0.231. The predicted octanol–water partition coefficient (Wildman–Crippen LogP) is 1.53. The Labute approximate surface area is 106 Å². The van der Waals surface area contributed by atoms with Crippen LogP contribution in [0, 0.1) is 11.3 Å². The minimum atomic E-state index is 0.500. The molecule has 0 saturated heterocycles. The predicted molar refractivity (Wildman–Crippen MR) is 71.0 cm³/mol. The lowest BCUT2D eigenvalue weighted by Crippen LogP contribution is -2.10. The normalized spacial score (nSPS) is 10.0. The first kappa shape index (κ1) is 12.0. The molecule has 0 aliphatic rings. The van der Waals surface area contributed by atoms with Gasteiger partial charge in [0.15, 0.2) is 0 Å². The van der Waals surface area contributed by atoms with Crippen molar-refractivity contribution >= 4 is 11.4 Å². The molecule has 5 heteroatoms. The molecule has 0 bridgehead atoms. The molecular formula is C13H15N5. The Hall–Kier alpha value is -2.48. The molecule has 92 valence electrons. The van der Waals surface area contributed by atoms with E-state index in [1.165, 1.54) is 0 Å². The number of nitriles is 1. The maximum atomic E-state index is 8.89. The molecule has 0 unspecified atom stereocenters. The zero-order valence-electron chi connectivity index (χ0n) is 10.2. The van der Waals surface area contributed by atoms with Gasteiger partial charge in [-0.15, -0.1) is 0 Å². The highest BCUT2D eigenvalue weighted by Crippen LogP contribution is 2.21. The van der Waals surface area contributed by atoms with Gasteiger partial charge < -0.3 is 11.1 Å². The molecule has 0 radical (unpaired) electrons. The standard InChI is InChI=1S/C13H15N5/c1-18-11(6-8-17-18)5-7-16-12-4-2-3-10(9-14)13(12)15/h2-4,6,8,16H,5,7,15H2,1H3. The number of para-hydroxylation sites is 1. The molecule has 1 aromatic heterocycles. The lowest BCUT2D eigenvalue weighted by Gasteiger charge is -2.10. The molecule has 1 heterocycles. The first-order valence-corrected chi connectivity index (χ1v) is 5.71. The van der Waals surface area contributed by atoms with Crippen molar-refractivity contribution in [2.75, 3.05) is 17.6 Å². The second kappa shape index (κ2) is 5.23. The van der Waals surface area contributed by atoms with Gasteiger partial charge in [-0.05, 0) is 18.2 Å². The average molecular weight is 241 g/mol. The molecule has 0 aliphatic carbocycles. The Morgan fingerprint density at radius 3 is 2.94 bits per heavy atom. The van der Waals surface area contributed by atoms with Crippen LogP contribution in [0.4, 0.5) is 11.4 Å². The van der Waals surface area contributed by atoms with Gasteiger partial charge in [-0.2, -0.15) is 10.4 Å². The fourth-order valence-corrected chi connectivity index (χ4v) is 1.79. The quantitative estimate of drug-likeness (QED) is 0.795. The number of nitrogen functional groups attached to an aromatic ring is 1. The summed E-state index contributed by atoms with van der Waals surface area (Å²) in [5, 5.41) is 16.2. The van der Waals surface area contributed by atoms with E-state index in [1.807, 2.05) is 29.9 Å². The number of rotatable bonds is 4. The first-order chi connectivity index (χ1) is 8.72. The Kier molecular flexibility index (Phi) is 3.49. The Morgan fingerprint density at radius 1 is 1.44 bits per heavy atom. The van der Waals surface area contributed by atoms with Crippen LogP contribution in [0.15, 0.2) is 30.5 Å². The van der Waals surface area contributed by atoms with Gasteiger partial charge in [-0.25, -0.2) is 0 Å². The van der Waals surface area contributed by atoms with Crippen LogP contribution in [0.3, 0.4) is 0 Å². The second-order valence-electron chi connectivity index (χ2n) is 4.00. The van der Waals surface area contributed by atoms with E-state index >= 15 is 0 Å². The molecule has 1 aromatic carbocycles. The highest BCUT2D eigenvalue weighted by Gasteiger charge is 2.04. The van der Waals surface area contributed by atoms with Crippen molar-refractivity contribution < 1.29 is 0 Å². The zero-order valence-corrected chi connectivity index (χ0v) is 10.2. The summed E-state index contributed by atoms with van der Waals surface area (Å²) in [7, 11) is 1.92. The van der Waals surface area contributed by atoms with E-state index in [-0.39, 0.29) is 0 Å². The summed E-state index contributed by atoms with van der Waals surface area (Å²) in [6.07, 6.45) is 2.63. The second-order valence-corrected chi connectivity index (χ2v) is 4.00. The SMILES string of the molecule is Cn1nccc1CCNc1cccc(C#N)c1N. The van der Waals surface area contributed by atoms with Gasteiger partial charge in [0.1, 0.15) is 6.07 Å². The van der Waals surface area contributed by atoms with Gasteiger partial charge in [0.2, 0.25) is 0 Å². The summed E-state index contributed by atoms with van der Waals surface area (Å²) in [6.45, 7) is 0.749. The van der Waals surface area contributed by atoms with Crippen LogP contribution < -0.4 is 11.1 Å². The van der Waals surface area contributed by atoms with E-state index < -0.39 is 0 Å². The third-order valence-corrected chi connectivity index (χ3v) is 2.85. The van der Waals surface area contributed by atoms with E-state index in [0.29, 0.717) is 11.3 Å². The summed E-state index contributed by atoms with van der Waals surface area (Å²) >= 11 is 0. The van der Waals surface area contributed by atoms with Crippen LogP contribution in [0.2, 0.25) is 0 Å². The zero-order chi connectivity index (χ0) is 13.0. The molecular weight excluding hydrogens is 226 g/mol. The Balaban J connectivity index is 1.99. The van der Waals surface area contributed by atoms with E-state index in [1.54, 1.807) is 12.3 Å². The number of anilines is 2. The molecule has 0 fully saturated rings. The first-order valence-electron chi connectivity index (χ1n) is 5.71. The summed E-state index contributed by atoms with van der Waals surface area (Å²) in [5.41, 5.74) is 8.84. The largest absolute Gasteiger partial charge is 0.396 e. The monoisotopic (exact) mass is 241 g/mol. The van der Waals surface area contributed by atoms with E-state index in [4.69, 9.17) is 11.0 Å². The average Bonchev–Trinajstić information content (AvgIpc) is 2.77. The van der Waals surface area contributed by atoms with Crippen molar-refractivity contribution in [1.29, 1.82) is 5.26 Å². The number of aryl methyl sites for hydroxylation is 1. The number of nitrogens with zero attached hydrogens (tertiary/aromatic N) is 3. The van der Waals surface area contributed by atoms with Gasteiger partial charge in [0.25, 0.3) is 0 Å². The summed E-state index contributed by atoms with van der Waals surface area (Å²) in [6, 6.07) is 9.46. The topological polar surface area (TPSA) is 79.7 Å². The molecule has 0 amide bonds. The van der Waals surface area contributed by atoms with Gasteiger partial charge in [0, 0.05) is 31.9 Å². The van der Waals surface area contributed by atoms with Crippen LogP contribution in [0.25, 0.3) is 0 Å². The highest BCUT2D eigenvalue weighted by molar-refractivity contribution is 5.72. The van der Waals surface area contributed by atoms with Crippen LogP contribution >= 0.6 is 0 Å². The fourth-order valence-electron chi connectivity index (χ4n) is 1.79. The molecule has 0 aliphatic heterocycles. The van der Waals surface area contributed by atoms with Gasteiger partial charge in [0.05, 0.1) is 16.9 Å². The summed E-state index contributed by atoms with van der Waals surface area (Å²) in [5.74, 6) is 0. The minimum absolute atomic E-state index is 0.500. The number of hydrogen-bond donors (Lipinski definition) is 2. The number of aromatic nitrogens is 2. The van der Waals surface area contributed by atoms with Gasteiger partial charge >= 0.3 is 0 Å². The van der Waals surface area contributed by atoms with Crippen molar-refractivity contribution in [3.8, 4) is 6.07 Å². The maximum Gasteiger partial charge on any atom is 0.101 e. The van der Waals surface area contributed by atoms with E-state index in [0.717, 1.165) is 24.3 Å². The summed E-state index contributed by atoms with van der Waals surface area (Å²) < 4.78 is 1.84. The van der Waals surface area contributed by atoms with Crippen molar-refractivity contribution in [2.45, 2.75) is 6.42 Å².